The molecule has 0 aliphatic heterocycles. The van der Waals surface area contributed by atoms with E-state index in [9.17, 15) is 18.4 Å². The molecule has 6 heteroatoms. The monoisotopic (exact) mass is 374 g/mol. The Bertz CT molecular complexity index is 827. The molecule has 1 N–H and O–H groups in total. The first kappa shape index (κ1) is 20.6. The van der Waals surface area contributed by atoms with Gasteiger partial charge >= 0.3 is 0 Å². The van der Waals surface area contributed by atoms with Crippen LogP contribution in [0, 0.1) is 11.6 Å². The summed E-state index contributed by atoms with van der Waals surface area (Å²) in [5, 5.41) is 2.50. The van der Waals surface area contributed by atoms with Crippen molar-refractivity contribution < 1.29 is 18.4 Å². The molecule has 0 unspecified atom stereocenters. The number of carbonyl (C=O) groups excluding carboxylic acids is 2. The molecule has 0 spiro atoms. The fourth-order valence-corrected chi connectivity index (χ4v) is 2.62. The van der Waals surface area contributed by atoms with Crippen LogP contribution in [0.2, 0.25) is 0 Å². The third-order valence-electron chi connectivity index (χ3n) is 4.19. The van der Waals surface area contributed by atoms with Gasteiger partial charge in [-0.15, -0.1) is 0 Å². The third-order valence-corrected chi connectivity index (χ3v) is 4.19. The number of hydrogen-bond acceptors (Lipinski definition) is 2. The van der Waals surface area contributed by atoms with Crippen LogP contribution in [-0.4, -0.2) is 18.4 Å². The summed E-state index contributed by atoms with van der Waals surface area (Å²) in [6.45, 7) is 7.93. The maximum atomic E-state index is 13.2. The lowest BCUT2D eigenvalue weighted by atomic mass is 9.87. The first-order valence-electron chi connectivity index (χ1n) is 8.71. The van der Waals surface area contributed by atoms with Gasteiger partial charge in [-0.05, 0) is 35.2 Å². The van der Waals surface area contributed by atoms with Crippen LogP contribution < -0.4 is 10.2 Å². The van der Waals surface area contributed by atoms with Crippen LogP contribution in [0.5, 0.6) is 0 Å². The summed E-state index contributed by atoms with van der Waals surface area (Å²) in [6.07, 6.45) is 0.0274. The number of carbonyl (C=O) groups is 2. The molecule has 0 saturated carbocycles. The van der Waals surface area contributed by atoms with Gasteiger partial charge in [0.05, 0.1) is 0 Å². The second kappa shape index (κ2) is 8.29. The van der Waals surface area contributed by atoms with Crippen LogP contribution in [-0.2, 0) is 15.0 Å². The van der Waals surface area contributed by atoms with E-state index in [4.69, 9.17) is 0 Å². The second-order valence-electron chi connectivity index (χ2n) is 7.39. The Labute approximate surface area is 158 Å². The molecule has 0 aliphatic carbocycles. The van der Waals surface area contributed by atoms with Gasteiger partial charge in [-0.2, -0.15) is 0 Å². The molecule has 2 aromatic carbocycles. The Hall–Kier alpha value is -2.76. The average molecular weight is 374 g/mol. The number of nitrogens with one attached hydrogen (secondary N) is 1. The van der Waals surface area contributed by atoms with Crippen LogP contribution in [0.15, 0.2) is 42.5 Å². The number of halogens is 2. The molecule has 0 atom stereocenters. The van der Waals surface area contributed by atoms with Crippen molar-refractivity contribution in [1.82, 2.24) is 0 Å². The van der Waals surface area contributed by atoms with Crippen LogP contribution in [0.3, 0.4) is 0 Å². The van der Waals surface area contributed by atoms with Crippen molar-refractivity contribution in [2.24, 2.45) is 0 Å². The van der Waals surface area contributed by atoms with Crippen LogP contribution >= 0.6 is 0 Å². The number of hydrogen-bond donors (Lipinski definition) is 1. The van der Waals surface area contributed by atoms with E-state index in [1.165, 1.54) is 17.9 Å². The van der Waals surface area contributed by atoms with Gasteiger partial charge < -0.3 is 10.2 Å². The minimum Gasteiger partial charge on any atom is -0.326 e. The Morgan fingerprint density at radius 1 is 1.00 bits per heavy atom. The minimum atomic E-state index is -1.03. The third kappa shape index (κ3) is 5.61. The second-order valence-corrected chi connectivity index (χ2v) is 7.39. The number of nitrogens with zero attached hydrogens (tertiary/aromatic N) is 1. The first-order valence-corrected chi connectivity index (χ1v) is 8.71. The normalized spacial score (nSPS) is 11.2. The van der Waals surface area contributed by atoms with E-state index in [2.05, 4.69) is 26.1 Å². The van der Waals surface area contributed by atoms with Gasteiger partial charge in [-0.1, -0.05) is 32.9 Å². The average Bonchev–Trinajstić information content (AvgIpc) is 2.58. The zero-order chi connectivity index (χ0) is 20.2. The molecule has 0 heterocycles. The largest absolute Gasteiger partial charge is 0.326 e. The summed E-state index contributed by atoms with van der Waals surface area (Å²) in [7, 11) is 0. The Kier molecular flexibility index (Phi) is 6.31. The zero-order valence-electron chi connectivity index (χ0n) is 16.0. The molecule has 2 aromatic rings. The molecule has 4 nitrogen and oxygen atoms in total. The SMILES string of the molecule is CC(=O)N(CCC(=O)Nc1ccc(F)c(F)c1)c1ccc(C(C)(C)C)cc1. The summed E-state index contributed by atoms with van der Waals surface area (Å²) in [5.41, 5.74) is 2.02. The van der Waals surface area contributed by atoms with E-state index in [1.54, 1.807) is 0 Å². The minimum absolute atomic E-state index is 0.00387. The smallest absolute Gasteiger partial charge is 0.226 e. The predicted octanol–water partition coefficient (Wildman–Crippen LogP) is 4.64. The first-order chi connectivity index (χ1) is 12.6. The zero-order valence-corrected chi connectivity index (χ0v) is 16.0. The fraction of sp³-hybridized carbons (Fsp3) is 0.333. The number of rotatable bonds is 5. The van der Waals surface area contributed by atoms with Crippen molar-refractivity contribution in [2.75, 3.05) is 16.8 Å². The lowest BCUT2D eigenvalue weighted by Gasteiger charge is -2.23. The molecule has 27 heavy (non-hydrogen) atoms. The molecular weight excluding hydrogens is 350 g/mol. The molecule has 2 amide bonds. The highest BCUT2D eigenvalue weighted by molar-refractivity contribution is 5.94. The van der Waals surface area contributed by atoms with Crippen LogP contribution in [0.25, 0.3) is 0 Å². The Morgan fingerprint density at radius 2 is 1.63 bits per heavy atom. The predicted molar refractivity (Wildman–Crippen MR) is 103 cm³/mol. The molecule has 0 aromatic heterocycles. The Morgan fingerprint density at radius 3 is 2.15 bits per heavy atom. The number of anilines is 2. The molecule has 0 fully saturated rings. The standard InChI is InChI=1S/C21H24F2N2O2/c1-14(26)25(17-8-5-15(6-9-17)21(2,3)4)12-11-20(27)24-16-7-10-18(22)19(23)13-16/h5-10,13H,11-12H2,1-4H3,(H,24,27). The van der Waals surface area contributed by atoms with Crippen molar-refractivity contribution in [3.8, 4) is 0 Å². The quantitative estimate of drug-likeness (QED) is 0.829. The van der Waals surface area contributed by atoms with Crippen LogP contribution in [0.1, 0.15) is 39.7 Å². The lowest BCUT2D eigenvalue weighted by Crippen LogP contribution is -2.32. The van der Waals surface area contributed by atoms with E-state index >= 15 is 0 Å². The highest BCUT2D eigenvalue weighted by Gasteiger charge is 2.17. The van der Waals surface area contributed by atoms with Gasteiger partial charge in [0.1, 0.15) is 0 Å². The maximum absolute atomic E-state index is 13.2. The van der Waals surface area contributed by atoms with Crippen molar-refractivity contribution in [3.63, 3.8) is 0 Å². The van der Waals surface area contributed by atoms with E-state index < -0.39 is 17.5 Å². The van der Waals surface area contributed by atoms with Crippen molar-refractivity contribution in [2.45, 2.75) is 39.5 Å². The van der Waals surface area contributed by atoms with E-state index in [0.29, 0.717) is 5.69 Å². The van der Waals surface area contributed by atoms with Crippen LogP contribution in [0.4, 0.5) is 20.2 Å². The molecule has 144 valence electrons. The molecule has 0 aliphatic rings. The molecular formula is C21H24F2N2O2. The molecule has 0 radical (unpaired) electrons. The van der Waals surface area contributed by atoms with Gasteiger partial charge in [0.15, 0.2) is 11.6 Å². The summed E-state index contributed by atoms with van der Waals surface area (Å²) >= 11 is 0. The summed E-state index contributed by atoms with van der Waals surface area (Å²) in [6, 6.07) is 10.8. The fourth-order valence-electron chi connectivity index (χ4n) is 2.62. The summed E-state index contributed by atoms with van der Waals surface area (Å²) in [4.78, 5) is 25.6. The summed E-state index contributed by atoms with van der Waals surface area (Å²) in [5.74, 6) is -2.58. The van der Waals surface area contributed by atoms with Gasteiger partial charge in [-0.25, -0.2) is 8.78 Å². The summed E-state index contributed by atoms with van der Waals surface area (Å²) < 4.78 is 26.1. The maximum Gasteiger partial charge on any atom is 0.226 e. The van der Waals surface area contributed by atoms with Gasteiger partial charge in [0.2, 0.25) is 11.8 Å². The van der Waals surface area contributed by atoms with Crippen molar-refractivity contribution >= 4 is 23.2 Å². The lowest BCUT2D eigenvalue weighted by molar-refractivity contribution is -0.117. The topological polar surface area (TPSA) is 49.4 Å². The van der Waals surface area contributed by atoms with E-state index in [1.807, 2.05) is 24.3 Å². The molecule has 0 bridgehead atoms. The van der Waals surface area contributed by atoms with E-state index in [-0.39, 0.29) is 30.0 Å². The van der Waals surface area contributed by atoms with Gasteiger partial charge in [-0.3, -0.25) is 9.59 Å². The molecule has 0 saturated heterocycles. The van der Waals surface area contributed by atoms with E-state index in [0.717, 1.165) is 17.7 Å². The van der Waals surface area contributed by atoms with Gasteiger partial charge in [0, 0.05) is 37.3 Å². The van der Waals surface area contributed by atoms with Gasteiger partial charge in [0.25, 0.3) is 0 Å². The van der Waals surface area contributed by atoms with Crippen molar-refractivity contribution in [1.29, 1.82) is 0 Å². The van der Waals surface area contributed by atoms with Crippen molar-refractivity contribution in [3.05, 3.63) is 59.7 Å². The highest BCUT2D eigenvalue weighted by atomic mass is 19.2. The number of amides is 2. The molecule has 2 rings (SSSR count). The Balaban J connectivity index is 2.02. The number of benzene rings is 2. The highest BCUT2D eigenvalue weighted by Crippen LogP contribution is 2.25.